The van der Waals surface area contributed by atoms with Gasteiger partial charge in [0, 0.05) is 13.1 Å². The predicted molar refractivity (Wildman–Crippen MR) is 80.7 cm³/mol. The van der Waals surface area contributed by atoms with Gasteiger partial charge in [-0.25, -0.2) is 0 Å². The van der Waals surface area contributed by atoms with Gasteiger partial charge in [-0.15, -0.1) is 0 Å². The van der Waals surface area contributed by atoms with Crippen molar-refractivity contribution in [3.8, 4) is 5.75 Å². The summed E-state index contributed by atoms with van der Waals surface area (Å²) in [5, 5.41) is 3.14. The lowest BCUT2D eigenvalue weighted by atomic mass is 10.2. The lowest BCUT2D eigenvalue weighted by Gasteiger charge is -2.11. The second-order valence-corrected chi connectivity index (χ2v) is 5.12. The minimum absolute atomic E-state index is 0.0164. The summed E-state index contributed by atoms with van der Waals surface area (Å²) in [4.78, 5) is 13.3. The summed E-state index contributed by atoms with van der Waals surface area (Å²) in [6.45, 7) is 2.25. The normalized spacial score (nSPS) is 10.5. The first-order valence-corrected chi connectivity index (χ1v) is 7.43. The largest absolute Gasteiger partial charge is 0.494 e. The molecule has 19 heavy (non-hydrogen) atoms. The van der Waals surface area contributed by atoms with E-state index in [-0.39, 0.29) is 5.91 Å². The molecule has 0 atom stereocenters. The molecule has 0 saturated heterocycles. The molecule has 0 bridgehead atoms. The van der Waals surface area contributed by atoms with E-state index in [1.54, 1.807) is 0 Å². The van der Waals surface area contributed by atoms with Crippen molar-refractivity contribution in [2.75, 3.05) is 32.6 Å². The summed E-state index contributed by atoms with van der Waals surface area (Å²) >= 11 is 3.12. The molecule has 1 rings (SSSR count). The minimum Gasteiger partial charge on any atom is -0.494 e. The van der Waals surface area contributed by atoms with Crippen molar-refractivity contribution >= 4 is 21.8 Å². The number of rotatable bonds is 8. The van der Waals surface area contributed by atoms with E-state index in [4.69, 9.17) is 4.74 Å². The van der Waals surface area contributed by atoms with Gasteiger partial charge in [0.2, 0.25) is 5.91 Å². The summed E-state index contributed by atoms with van der Waals surface area (Å²) in [7, 11) is 4.10. The average Bonchev–Trinajstić information content (AvgIpc) is 2.41. The van der Waals surface area contributed by atoms with Crippen molar-refractivity contribution in [1.29, 1.82) is 0 Å². The van der Waals surface area contributed by atoms with Gasteiger partial charge < -0.3 is 15.0 Å². The molecule has 1 N–H and O–H groups in total. The van der Waals surface area contributed by atoms with Gasteiger partial charge in [-0.2, -0.15) is 0 Å². The predicted octanol–water partition coefficient (Wildman–Crippen LogP) is 2.03. The molecule has 0 fully saturated rings. The van der Waals surface area contributed by atoms with Gasteiger partial charge in [-0.1, -0.05) is 28.1 Å². The molecule has 5 heteroatoms. The molecule has 0 heterocycles. The van der Waals surface area contributed by atoms with Crippen LogP contribution in [0.3, 0.4) is 0 Å². The summed E-state index contributed by atoms with van der Waals surface area (Å²) in [6, 6.07) is 7.81. The van der Waals surface area contributed by atoms with Gasteiger partial charge in [0.05, 0.1) is 11.9 Å². The van der Waals surface area contributed by atoms with E-state index < -0.39 is 0 Å². The summed E-state index contributed by atoms with van der Waals surface area (Å²) < 4.78 is 5.68. The molecule has 106 valence electrons. The third kappa shape index (κ3) is 7.18. The number of carbonyl (C=O) groups excluding carboxylic acids is 1. The molecule has 1 amide bonds. The fourth-order valence-electron chi connectivity index (χ4n) is 1.56. The third-order valence-electron chi connectivity index (χ3n) is 2.53. The molecule has 0 aliphatic carbocycles. The molecule has 0 radical (unpaired) electrons. The maximum absolute atomic E-state index is 11.2. The standard InChI is InChI=1S/C14H21BrN2O2/c1-17(2)7-4-8-19-13-6-3-5-12(9-13)11-16-14(18)10-15/h3,5-6,9H,4,7-8,10-11H2,1-2H3,(H,16,18). The molecule has 4 nitrogen and oxygen atoms in total. The van der Waals surface area contributed by atoms with Crippen LogP contribution in [0.4, 0.5) is 0 Å². The molecule has 1 aromatic rings. The molecule has 0 saturated carbocycles. The highest BCUT2D eigenvalue weighted by Gasteiger charge is 2.00. The minimum atomic E-state index is -0.0164. The number of nitrogens with zero attached hydrogens (tertiary/aromatic N) is 1. The van der Waals surface area contributed by atoms with Crippen molar-refractivity contribution in [3.63, 3.8) is 0 Å². The zero-order valence-corrected chi connectivity index (χ0v) is 13.1. The Morgan fingerprint density at radius 2 is 2.21 bits per heavy atom. The molecular weight excluding hydrogens is 308 g/mol. The zero-order chi connectivity index (χ0) is 14.1. The lowest BCUT2D eigenvalue weighted by Crippen LogP contribution is -2.23. The first kappa shape index (κ1) is 16.0. The van der Waals surface area contributed by atoms with Crippen LogP contribution in [0.25, 0.3) is 0 Å². The Labute approximate surface area is 123 Å². The number of nitrogens with one attached hydrogen (secondary N) is 1. The van der Waals surface area contributed by atoms with E-state index in [9.17, 15) is 4.79 Å². The van der Waals surface area contributed by atoms with Crippen LogP contribution in [0.5, 0.6) is 5.75 Å². The van der Waals surface area contributed by atoms with Crippen molar-refractivity contribution in [1.82, 2.24) is 10.2 Å². The Hall–Kier alpha value is -1.07. The van der Waals surface area contributed by atoms with Gasteiger partial charge in [0.25, 0.3) is 0 Å². The second kappa shape index (κ2) is 8.93. The van der Waals surface area contributed by atoms with Crippen LogP contribution in [-0.2, 0) is 11.3 Å². The fourth-order valence-corrected chi connectivity index (χ4v) is 1.76. The first-order valence-electron chi connectivity index (χ1n) is 6.31. The van der Waals surface area contributed by atoms with Crippen LogP contribution in [0, 0.1) is 0 Å². The summed E-state index contributed by atoms with van der Waals surface area (Å²) in [5.74, 6) is 0.835. The van der Waals surface area contributed by atoms with E-state index in [1.807, 2.05) is 38.4 Å². The highest BCUT2D eigenvalue weighted by atomic mass is 79.9. The Balaban J connectivity index is 2.37. The number of benzene rings is 1. The van der Waals surface area contributed by atoms with Gasteiger partial charge in [-0.3, -0.25) is 4.79 Å². The van der Waals surface area contributed by atoms with E-state index in [0.717, 1.165) is 24.3 Å². The first-order chi connectivity index (χ1) is 9.11. The topological polar surface area (TPSA) is 41.6 Å². The molecule has 1 aromatic carbocycles. The van der Waals surface area contributed by atoms with Crippen LogP contribution in [0.2, 0.25) is 0 Å². The van der Waals surface area contributed by atoms with Crippen molar-refractivity contribution < 1.29 is 9.53 Å². The maximum atomic E-state index is 11.2. The Morgan fingerprint density at radius 1 is 1.42 bits per heavy atom. The fraction of sp³-hybridized carbons (Fsp3) is 0.500. The number of carbonyl (C=O) groups is 1. The lowest BCUT2D eigenvalue weighted by molar-refractivity contribution is -0.118. The highest BCUT2D eigenvalue weighted by molar-refractivity contribution is 9.09. The number of alkyl halides is 1. The summed E-state index contributed by atoms with van der Waals surface area (Å²) in [5.41, 5.74) is 1.04. The molecule has 0 unspecified atom stereocenters. The zero-order valence-electron chi connectivity index (χ0n) is 11.5. The van der Waals surface area contributed by atoms with Gasteiger partial charge in [-0.05, 0) is 38.2 Å². The second-order valence-electron chi connectivity index (χ2n) is 4.56. The van der Waals surface area contributed by atoms with Crippen molar-refractivity contribution in [3.05, 3.63) is 29.8 Å². The monoisotopic (exact) mass is 328 g/mol. The van der Waals surface area contributed by atoms with Crippen LogP contribution in [-0.4, -0.2) is 43.4 Å². The maximum Gasteiger partial charge on any atom is 0.230 e. The Morgan fingerprint density at radius 3 is 2.89 bits per heavy atom. The quantitative estimate of drug-likeness (QED) is 0.586. The van der Waals surface area contributed by atoms with Gasteiger partial charge >= 0.3 is 0 Å². The van der Waals surface area contributed by atoms with Crippen LogP contribution in [0.1, 0.15) is 12.0 Å². The van der Waals surface area contributed by atoms with E-state index in [1.165, 1.54) is 0 Å². The Bertz CT molecular complexity index is 397. The van der Waals surface area contributed by atoms with Crippen LogP contribution in [0.15, 0.2) is 24.3 Å². The van der Waals surface area contributed by atoms with E-state index in [0.29, 0.717) is 18.5 Å². The molecule has 0 aliphatic heterocycles. The Kier molecular flexibility index (Phi) is 7.52. The third-order valence-corrected chi connectivity index (χ3v) is 3.04. The number of ether oxygens (including phenoxy) is 1. The number of hydrogen-bond donors (Lipinski definition) is 1. The molecule has 0 aliphatic rings. The van der Waals surface area contributed by atoms with Gasteiger partial charge in [0.15, 0.2) is 0 Å². The number of halogens is 1. The molecule has 0 aromatic heterocycles. The van der Waals surface area contributed by atoms with E-state index >= 15 is 0 Å². The molecule has 0 spiro atoms. The van der Waals surface area contributed by atoms with Crippen LogP contribution >= 0.6 is 15.9 Å². The SMILES string of the molecule is CN(C)CCCOc1cccc(CNC(=O)CBr)c1. The van der Waals surface area contributed by atoms with E-state index in [2.05, 4.69) is 26.1 Å². The average molecular weight is 329 g/mol. The van der Waals surface area contributed by atoms with Crippen molar-refractivity contribution in [2.45, 2.75) is 13.0 Å². The summed E-state index contributed by atoms with van der Waals surface area (Å²) in [6.07, 6.45) is 0.998. The highest BCUT2D eigenvalue weighted by Crippen LogP contribution is 2.13. The number of amides is 1. The smallest absolute Gasteiger partial charge is 0.230 e. The number of hydrogen-bond acceptors (Lipinski definition) is 3. The molecular formula is C14H21BrN2O2. The van der Waals surface area contributed by atoms with Gasteiger partial charge in [0.1, 0.15) is 5.75 Å². The van der Waals surface area contributed by atoms with Crippen LogP contribution < -0.4 is 10.1 Å². The van der Waals surface area contributed by atoms with Crippen molar-refractivity contribution in [2.24, 2.45) is 0 Å².